The van der Waals surface area contributed by atoms with E-state index in [1.807, 2.05) is 0 Å². The van der Waals surface area contributed by atoms with Gasteiger partial charge >= 0.3 is 6.18 Å². The molecule has 0 fully saturated rings. The molecule has 0 saturated carbocycles. The summed E-state index contributed by atoms with van der Waals surface area (Å²) in [4.78, 5) is 3.75. The van der Waals surface area contributed by atoms with E-state index >= 15 is 0 Å². The first-order valence-corrected chi connectivity index (χ1v) is 5.08. The van der Waals surface area contributed by atoms with Crippen LogP contribution in [-0.4, -0.2) is 15.2 Å². The van der Waals surface area contributed by atoms with Crippen LogP contribution >= 0.6 is 0 Å². The molecule has 0 atom stereocenters. The third-order valence-electron chi connectivity index (χ3n) is 2.32. The maximum Gasteiger partial charge on any atom is 0.416 e. The van der Waals surface area contributed by atoms with Crippen LogP contribution in [0.2, 0.25) is 0 Å². The van der Waals surface area contributed by atoms with Gasteiger partial charge in [-0.25, -0.2) is 0 Å². The number of nitrogens with zero attached hydrogens (tertiary/aromatic N) is 2. The van der Waals surface area contributed by atoms with Crippen molar-refractivity contribution in [3.05, 3.63) is 47.1 Å². The second-order valence-electron chi connectivity index (χ2n) is 3.59. The quantitative estimate of drug-likeness (QED) is 0.916. The molecular weight excluding hydrogens is 249 g/mol. The van der Waals surface area contributed by atoms with Gasteiger partial charge in [0.25, 0.3) is 0 Å². The van der Waals surface area contributed by atoms with Crippen LogP contribution in [0.25, 0.3) is 0 Å². The number of aliphatic hydroxyl groups is 1. The topological polar surface area (TPSA) is 59.2 Å². The number of aromatic nitrogens is 2. The van der Waals surface area contributed by atoms with E-state index in [1.165, 1.54) is 18.2 Å². The third-order valence-corrected chi connectivity index (χ3v) is 2.32. The molecule has 0 bridgehead atoms. The summed E-state index contributed by atoms with van der Waals surface area (Å²) < 4.78 is 42.9. The Kier molecular flexibility index (Phi) is 3.33. The van der Waals surface area contributed by atoms with Gasteiger partial charge in [-0.15, -0.1) is 0 Å². The molecule has 0 radical (unpaired) electrons. The SMILES string of the molecule is OCc1noc(Cc2ccccc2C(F)(F)F)n1. The van der Waals surface area contributed by atoms with Crippen LogP contribution in [0.4, 0.5) is 13.2 Å². The van der Waals surface area contributed by atoms with Gasteiger partial charge in [0.05, 0.1) is 12.0 Å². The average Bonchev–Trinajstić information content (AvgIpc) is 2.76. The molecule has 0 saturated heterocycles. The average molecular weight is 258 g/mol. The number of hydrogen-bond acceptors (Lipinski definition) is 4. The number of hydrogen-bond donors (Lipinski definition) is 1. The Morgan fingerprint density at radius 3 is 2.56 bits per heavy atom. The molecule has 0 unspecified atom stereocenters. The fraction of sp³-hybridized carbons (Fsp3) is 0.273. The first-order valence-electron chi connectivity index (χ1n) is 5.08. The minimum absolute atomic E-state index is 0.0377. The molecule has 1 heterocycles. The van der Waals surface area contributed by atoms with Crippen molar-refractivity contribution < 1.29 is 22.8 Å². The molecule has 7 heteroatoms. The molecule has 2 aromatic rings. The summed E-state index contributed by atoms with van der Waals surface area (Å²) in [6.07, 6.45) is -4.54. The Bertz CT molecular complexity index is 537. The lowest BCUT2D eigenvalue weighted by Gasteiger charge is -2.10. The minimum atomic E-state index is -4.42. The maximum atomic E-state index is 12.7. The highest BCUT2D eigenvalue weighted by molar-refractivity contribution is 5.31. The number of alkyl halides is 3. The summed E-state index contributed by atoms with van der Waals surface area (Å²) in [6, 6.07) is 5.18. The first-order chi connectivity index (χ1) is 8.50. The van der Waals surface area contributed by atoms with Crippen molar-refractivity contribution in [3.8, 4) is 0 Å². The normalized spacial score (nSPS) is 11.8. The second kappa shape index (κ2) is 4.77. The molecule has 1 aromatic carbocycles. The minimum Gasteiger partial charge on any atom is -0.388 e. The van der Waals surface area contributed by atoms with E-state index in [4.69, 9.17) is 9.63 Å². The first kappa shape index (κ1) is 12.6. The summed E-state index contributed by atoms with van der Waals surface area (Å²) in [5, 5.41) is 12.1. The van der Waals surface area contributed by atoms with E-state index in [0.29, 0.717) is 0 Å². The van der Waals surface area contributed by atoms with Crippen LogP contribution in [-0.2, 0) is 19.2 Å². The van der Waals surface area contributed by atoms with Gasteiger partial charge in [0.15, 0.2) is 5.82 Å². The van der Waals surface area contributed by atoms with E-state index in [2.05, 4.69) is 10.1 Å². The Hall–Kier alpha value is -1.89. The zero-order valence-corrected chi connectivity index (χ0v) is 9.11. The van der Waals surface area contributed by atoms with Crippen LogP contribution in [0.15, 0.2) is 28.8 Å². The van der Waals surface area contributed by atoms with E-state index in [9.17, 15) is 13.2 Å². The van der Waals surface area contributed by atoms with Crippen molar-refractivity contribution in [2.24, 2.45) is 0 Å². The van der Waals surface area contributed by atoms with Gasteiger partial charge in [-0.2, -0.15) is 18.2 Å². The van der Waals surface area contributed by atoms with Gasteiger partial charge in [-0.3, -0.25) is 0 Å². The highest BCUT2D eigenvalue weighted by Crippen LogP contribution is 2.32. The molecule has 1 N–H and O–H groups in total. The summed E-state index contributed by atoms with van der Waals surface area (Å²) in [5.74, 6) is 0.0882. The second-order valence-corrected chi connectivity index (χ2v) is 3.59. The molecule has 0 amide bonds. The molecule has 18 heavy (non-hydrogen) atoms. The van der Waals surface area contributed by atoms with Crippen molar-refractivity contribution in [3.63, 3.8) is 0 Å². The number of rotatable bonds is 3. The molecule has 0 aliphatic rings. The van der Waals surface area contributed by atoms with Crippen molar-refractivity contribution >= 4 is 0 Å². The summed E-state index contributed by atoms with van der Waals surface area (Å²) in [6.45, 7) is -0.412. The van der Waals surface area contributed by atoms with Crippen molar-refractivity contribution in [2.75, 3.05) is 0 Å². The van der Waals surface area contributed by atoms with Gasteiger partial charge < -0.3 is 9.63 Å². The van der Waals surface area contributed by atoms with Crippen molar-refractivity contribution in [1.82, 2.24) is 10.1 Å². The summed E-state index contributed by atoms with van der Waals surface area (Å²) in [7, 11) is 0. The highest BCUT2D eigenvalue weighted by Gasteiger charge is 2.33. The van der Waals surface area contributed by atoms with Gasteiger partial charge in [-0.1, -0.05) is 23.4 Å². The molecule has 96 valence electrons. The Labute approximate surface area is 100 Å². The standard InChI is InChI=1S/C11H9F3N2O2/c12-11(13,14)8-4-2-1-3-7(8)5-10-15-9(6-17)16-18-10/h1-4,17H,5-6H2. The van der Waals surface area contributed by atoms with Crippen LogP contribution in [0.1, 0.15) is 22.8 Å². The predicted molar refractivity (Wildman–Crippen MR) is 54.5 cm³/mol. The lowest BCUT2D eigenvalue weighted by atomic mass is 10.0. The number of halogens is 3. The van der Waals surface area contributed by atoms with Gasteiger partial charge in [0, 0.05) is 0 Å². The fourth-order valence-electron chi connectivity index (χ4n) is 1.54. The molecule has 0 spiro atoms. The lowest BCUT2D eigenvalue weighted by molar-refractivity contribution is -0.138. The number of benzene rings is 1. The molecule has 4 nitrogen and oxygen atoms in total. The third kappa shape index (κ3) is 2.67. The van der Waals surface area contributed by atoms with Crippen LogP contribution < -0.4 is 0 Å². The predicted octanol–water partition coefficient (Wildman–Crippen LogP) is 2.17. The molecule has 0 aliphatic heterocycles. The van der Waals surface area contributed by atoms with E-state index < -0.39 is 18.3 Å². The summed E-state index contributed by atoms with van der Waals surface area (Å²) >= 11 is 0. The molecule has 1 aromatic heterocycles. The Balaban J connectivity index is 2.29. The maximum absolute atomic E-state index is 12.7. The lowest BCUT2D eigenvalue weighted by Crippen LogP contribution is -2.09. The van der Waals surface area contributed by atoms with Crippen molar-refractivity contribution in [2.45, 2.75) is 19.2 Å². The van der Waals surface area contributed by atoms with Gasteiger partial charge in [-0.05, 0) is 11.6 Å². The fourth-order valence-corrected chi connectivity index (χ4v) is 1.54. The van der Waals surface area contributed by atoms with Crippen LogP contribution in [0.3, 0.4) is 0 Å². The zero-order valence-electron chi connectivity index (χ0n) is 9.11. The highest BCUT2D eigenvalue weighted by atomic mass is 19.4. The number of aliphatic hydroxyl groups excluding tert-OH is 1. The van der Waals surface area contributed by atoms with Crippen LogP contribution in [0.5, 0.6) is 0 Å². The molecule has 0 aliphatic carbocycles. The summed E-state index contributed by atoms with van der Waals surface area (Å²) in [5.41, 5.74) is -0.674. The van der Waals surface area contributed by atoms with Gasteiger partial charge in [0.1, 0.15) is 6.61 Å². The monoisotopic (exact) mass is 258 g/mol. The van der Waals surface area contributed by atoms with E-state index in [-0.39, 0.29) is 23.7 Å². The van der Waals surface area contributed by atoms with E-state index in [1.54, 1.807) is 0 Å². The molecule has 2 rings (SSSR count). The smallest absolute Gasteiger partial charge is 0.388 e. The molecular formula is C11H9F3N2O2. The largest absolute Gasteiger partial charge is 0.416 e. The Morgan fingerprint density at radius 2 is 1.94 bits per heavy atom. The zero-order chi connectivity index (χ0) is 13.2. The van der Waals surface area contributed by atoms with E-state index in [0.717, 1.165) is 6.07 Å². The Morgan fingerprint density at radius 1 is 1.22 bits per heavy atom. The van der Waals surface area contributed by atoms with Gasteiger partial charge in [0.2, 0.25) is 5.89 Å². The van der Waals surface area contributed by atoms with Crippen LogP contribution in [0, 0.1) is 0 Å². The van der Waals surface area contributed by atoms with Crippen molar-refractivity contribution in [1.29, 1.82) is 0 Å².